The summed E-state index contributed by atoms with van der Waals surface area (Å²) in [5.41, 5.74) is 0.261. The number of benzene rings is 1. The number of urea groups is 1. The van der Waals surface area contributed by atoms with Gasteiger partial charge < -0.3 is 0 Å². The van der Waals surface area contributed by atoms with Gasteiger partial charge in [0.25, 0.3) is 5.91 Å². The Kier molecular flexibility index (Phi) is 4.01. The first-order valence-electron chi connectivity index (χ1n) is 5.95. The molecule has 1 heterocycles. The maximum atomic E-state index is 12.2. The number of halogens is 2. The number of hydrogen-bond acceptors (Lipinski definition) is 3. The first-order chi connectivity index (χ1) is 9.31. The van der Waals surface area contributed by atoms with E-state index in [0.29, 0.717) is 10.0 Å². The Morgan fingerprint density at radius 3 is 2.20 bits per heavy atom. The molecule has 1 aromatic rings. The lowest BCUT2D eigenvalue weighted by atomic mass is 10.2. The molecule has 0 N–H and O–H groups in total. The Labute approximate surface area is 126 Å². The molecule has 1 aromatic carbocycles. The lowest BCUT2D eigenvalue weighted by Crippen LogP contribution is -2.38. The summed E-state index contributed by atoms with van der Waals surface area (Å²) < 4.78 is 0. The van der Waals surface area contributed by atoms with Gasteiger partial charge in [0.1, 0.15) is 6.54 Å². The van der Waals surface area contributed by atoms with Crippen LogP contribution in [-0.4, -0.2) is 29.3 Å². The minimum atomic E-state index is -0.674. The predicted molar refractivity (Wildman–Crippen MR) is 75.9 cm³/mol. The van der Waals surface area contributed by atoms with E-state index >= 15 is 0 Å². The van der Waals surface area contributed by atoms with Crippen molar-refractivity contribution < 1.29 is 14.4 Å². The van der Waals surface area contributed by atoms with Crippen LogP contribution in [0.2, 0.25) is 10.0 Å². The number of carbonyl (C=O) groups excluding carboxylic acids is 3. The molecule has 7 heteroatoms. The molecule has 1 aliphatic rings. The van der Waals surface area contributed by atoms with E-state index in [-0.39, 0.29) is 24.1 Å². The fourth-order valence-electron chi connectivity index (χ4n) is 1.91. The molecule has 0 radical (unpaired) electrons. The first kappa shape index (κ1) is 14.8. The van der Waals surface area contributed by atoms with Gasteiger partial charge in [-0.3, -0.25) is 14.5 Å². The van der Waals surface area contributed by atoms with Crippen LogP contribution in [0.25, 0.3) is 0 Å². The molecule has 1 aliphatic heterocycles. The van der Waals surface area contributed by atoms with Crippen LogP contribution < -0.4 is 4.90 Å². The van der Waals surface area contributed by atoms with Gasteiger partial charge in [-0.05, 0) is 18.2 Å². The van der Waals surface area contributed by atoms with E-state index in [1.54, 1.807) is 13.8 Å². The second kappa shape index (κ2) is 5.42. The standard InChI is InChI=1S/C13H12Cl2N2O3/c1-7(2)12(19)16-6-11(18)17(13(16)20)10-4-8(14)3-9(15)5-10/h3-5,7H,6H2,1-2H3. The van der Waals surface area contributed by atoms with Crippen molar-refractivity contribution in [3.63, 3.8) is 0 Å². The highest BCUT2D eigenvalue weighted by Crippen LogP contribution is 2.28. The van der Waals surface area contributed by atoms with E-state index in [1.807, 2.05) is 0 Å². The third-order valence-corrected chi connectivity index (χ3v) is 3.27. The Balaban J connectivity index is 2.36. The molecular weight excluding hydrogens is 303 g/mol. The van der Waals surface area contributed by atoms with E-state index in [9.17, 15) is 14.4 Å². The van der Waals surface area contributed by atoms with Gasteiger partial charge in [-0.1, -0.05) is 37.0 Å². The van der Waals surface area contributed by atoms with E-state index < -0.39 is 11.9 Å². The average Bonchev–Trinajstić information content (AvgIpc) is 2.62. The molecule has 106 valence electrons. The highest BCUT2D eigenvalue weighted by Gasteiger charge is 2.41. The van der Waals surface area contributed by atoms with Crippen molar-refractivity contribution in [2.24, 2.45) is 5.92 Å². The minimum Gasteiger partial charge on any atom is -0.274 e. The smallest absolute Gasteiger partial charge is 0.274 e. The molecular formula is C13H12Cl2N2O3. The number of nitrogens with zero attached hydrogens (tertiary/aromatic N) is 2. The van der Waals surface area contributed by atoms with Gasteiger partial charge in [-0.25, -0.2) is 9.69 Å². The molecule has 0 saturated carbocycles. The number of hydrogen-bond donors (Lipinski definition) is 0. The molecule has 0 bridgehead atoms. The van der Waals surface area contributed by atoms with Crippen LogP contribution in [-0.2, 0) is 9.59 Å². The number of amides is 4. The normalized spacial score (nSPS) is 15.4. The zero-order chi connectivity index (χ0) is 15.0. The highest BCUT2D eigenvalue weighted by molar-refractivity contribution is 6.35. The molecule has 0 unspecified atom stereocenters. The lowest BCUT2D eigenvalue weighted by Gasteiger charge is -2.17. The summed E-state index contributed by atoms with van der Waals surface area (Å²) in [5.74, 6) is -1.24. The number of carbonyl (C=O) groups is 3. The summed E-state index contributed by atoms with van der Waals surface area (Å²) in [4.78, 5) is 37.9. The van der Waals surface area contributed by atoms with Crippen LogP contribution in [0.5, 0.6) is 0 Å². The average molecular weight is 315 g/mol. The molecule has 1 fully saturated rings. The van der Waals surface area contributed by atoms with E-state index in [0.717, 1.165) is 9.80 Å². The molecule has 0 aliphatic carbocycles. The first-order valence-corrected chi connectivity index (χ1v) is 6.71. The van der Waals surface area contributed by atoms with Crippen LogP contribution in [0, 0.1) is 5.92 Å². The third kappa shape index (κ3) is 2.64. The second-order valence-corrected chi connectivity index (χ2v) is 5.59. The fourth-order valence-corrected chi connectivity index (χ4v) is 2.42. The van der Waals surface area contributed by atoms with Crippen molar-refractivity contribution in [1.82, 2.24) is 4.90 Å². The van der Waals surface area contributed by atoms with Crippen molar-refractivity contribution in [1.29, 1.82) is 0 Å². The van der Waals surface area contributed by atoms with Gasteiger partial charge in [0, 0.05) is 16.0 Å². The molecule has 20 heavy (non-hydrogen) atoms. The number of imide groups is 2. The molecule has 0 aromatic heterocycles. The Hall–Kier alpha value is -1.59. The molecule has 0 spiro atoms. The summed E-state index contributed by atoms with van der Waals surface area (Å²) in [5, 5.41) is 0.614. The van der Waals surface area contributed by atoms with Gasteiger partial charge in [0.15, 0.2) is 0 Å². The van der Waals surface area contributed by atoms with Gasteiger partial charge in [-0.2, -0.15) is 0 Å². The van der Waals surface area contributed by atoms with Gasteiger partial charge in [-0.15, -0.1) is 0 Å². The minimum absolute atomic E-state index is 0.261. The topological polar surface area (TPSA) is 57.7 Å². The van der Waals surface area contributed by atoms with Crippen LogP contribution >= 0.6 is 23.2 Å². The van der Waals surface area contributed by atoms with Crippen molar-refractivity contribution in [2.75, 3.05) is 11.4 Å². The quantitative estimate of drug-likeness (QED) is 0.789. The van der Waals surface area contributed by atoms with E-state index in [1.165, 1.54) is 18.2 Å². The van der Waals surface area contributed by atoms with Crippen molar-refractivity contribution in [3.05, 3.63) is 28.2 Å². The van der Waals surface area contributed by atoms with Gasteiger partial charge >= 0.3 is 6.03 Å². The Morgan fingerprint density at radius 2 is 1.70 bits per heavy atom. The second-order valence-electron chi connectivity index (χ2n) is 4.72. The Morgan fingerprint density at radius 1 is 1.15 bits per heavy atom. The Bertz CT molecular complexity index is 581. The van der Waals surface area contributed by atoms with Crippen LogP contribution in [0.15, 0.2) is 18.2 Å². The van der Waals surface area contributed by atoms with E-state index in [4.69, 9.17) is 23.2 Å². The zero-order valence-corrected chi connectivity index (χ0v) is 12.4. The molecule has 2 rings (SSSR count). The summed E-state index contributed by atoms with van der Waals surface area (Å²) in [7, 11) is 0. The third-order valence-electron chi connectivity index (χ3n) is 2.83. The molecule has 5 nitrogen and oxygen atoms in total. The monoisotopic (exact) mass is 314 g/mol. The summed E-state index contributed by atoms with van der Waals surface area (Å²) >= 11 is 11.7. The maximum Gasteiger partial charge on any atom is 0.338 e. The van der Waals surface area contributed by atoms with Gasteiger partial charge in [0.05, 0.1) is 5.69 Å². The van der Waals surface area contributed by atoms with Crippen molar-refractivity contribution >= 4 is 46.7 Å². The SMILES string of the molecule is CC(C)C(=O)N1CC(=O)N(c2cc(Cl)cc(Cl)c2)C1=O. The van der Waals surface area contributed by atoms with Crippen LogP contribution in [0.3, 0.4) is 0 Å². The fraction of sp³-hybridized carbons (Fsp3) is 0.308. The van der Waals surface area contributed by atoms with Crippen LogP contribution in [0.4, 0.5) is 10.5 Å². The highest BCUT2D eigenvalue weighted by atomic mass is 35.5. The van der Waals surface area contributed by atoms with Gasteiger partial charge in [0.2, 0.25) is 5.91 Å². The van der Waals surface area contributed by atoms with Crippen molar-refractivity contribution in [2.45, 2.75) is 13.8 Å². The summed E-state index contributed by atoms with van der Waals surface area (Å²) in [6.07, 6.45) is 0. The molecule has 0 atom stereocenters. The zero-order valence-electron chi connectivity index (χ0n) is 10.9. The summed E-state index contributed by atoms with van der Waals surface area (Å²) in [6.45, 7) is 3.07. The maximum absolute atomic E-state index is 12.2. The van der Waals surface area contributed by atoms with Crippen LogP contribution in [0.1, 0.15) is 13.8 Å². The molecule has 1 saturated heterocycles. The largest absolute Gasteiger partial charge is 0.338 e. The molecule has 4 amide bonds. The number of anilines is 1. The predicted octanol–water partition coefficient (Wildman–Crippen LogP) is 2.94. The van der Waals surface area contributed by atoms with Crippen molar-refractivity contribution in [3.8, 4) is 0 Å². The lowest BCUT2D eigenvalue weighted by molar-refractivity contribution is -0.132. The number of rotatable bonds is 2. The summed E-state index contributed by atoms with van der Waals surface area (Å²) in [6, 6.07) is 3.72. The van der Waals surface area contributed by atoms with E-state index in [2.05, 4.69) is 0 Å².